The molecule has 0 spiro atoms. The average Bonchev–Trinajstić information content (AvgIpc) is 2.40. The largest absolute Gasteiger partial charge is 0.489 e. The first-order chi connectivity index (χ1) is 9.97. The Morgan fingerprint density at radius 2 is 1.86 bits per heavy atom. The molecule has 21 heavy (non-hydrogen) atoms. The third kappa shape index (κ3) is 4.32. The molecule has 0 aliphatic rings. The Morgan fingerprint density at radius 3 is 2.52 bits per heavy atom. The molecule has 0 bridgehead atoms. The van der Waals surface area contributed by atoms with Gasteiger partial charge in [-0.05, 0) is 60.1 Å². The third-order valence-electron chi connectivity index (χ3n) is 2.67. The van der Waals surface area contributed by atoms with Crippen molar-refractivity contribution < 1.29 is 9.53 Å². The summed E-state index contributed by atoms with van der Waals surface area (Å²) in [4.78, 5) is 12.4. The van der Waals surface area contributed by atoms with Crippen LogP contribution in [0.25, 0.3) is 0 Å². The first kappa shape index (κ1) is 16.0. The first-order valence-corrected chi connectivity index (χ1v) is 8.08. The molecule has 0 aliphatic heterocycles. The molecule has 0 aromatic heterocycles. The zero-order chi connectivity index (χ0) is 15.4. The summed E-state index contributed by atoms with van der Waals surface area (Å²) in [7, 11) is 0. The van der Waals surface area contributed by atoms with Gasteiger partial charge in [0.05, 0.1) is 17.4 Å². The third-order valence-corrected chi connectivity index (χ3v) is 3.82. The summed E-state index contributed by atoms with van der Waals surface area (Å²) in [5.41, 5.74) is 1.23. The van der Waals surface area contributed by atoms with Crippen molar-refractivity contribution in [2.45, 2.75) is 20.0 Å². The number of rotatable bonds is 4. The van der Waals surface area contributed by atoms with Gasteiger partial charge in [-0.3, -0.25) is 4.79 Å². The highest BCUT2D eigenvalue weighted by molar-refractivity contribution is 9.11. The van der Waals surface area contributed by atoms with Crippen LogP contribution in [0.3, 0.4) is 0 Å². The van der Waals surface area contributed by atoms with Crippen LogP contribution in [-0.4, -0.2) is 12.0 Å². The standard InChI is InChI=1S/C16H15Br2NO2/c1-10(2)21-15-6-4-3-5-14(15)19-16(20)12-8-7-11(17)9-13(12)18/h3-10H,1-2H3,(H,19,20). The van der Waals surface area contributed by atoms with E-state index in [4.69, 9.17) is 4.74 Å². The van der Waals surface area contributed by atoms with Crippen molar-refractivity contribution in [2.75, 3.05) is 5.32 Å². The van der Waals surface area contributed by atoms with E-state index < -0.39 is 0 Å². The number of nitrogens with one attached hydrogen (secondary N) is 1. The van der Waals surface area contributed by atoms with Gasteiger partial charge in [0, 0.05) is 8.95 Å². The molecule has 0 unspecified atom stereocenters. The molecule has 2 rings (SSSR count). The van der Waals surface area contributed by atoms with Gasteiger partial charge in [0.25, 0.3) is 5.91 Å². The molecule has 110 valence electrons. The van der Waals surface area contributed by atoms with E-state index in [1.165, 1.54) is 0 Å². The smallest absolute Gasteiger partial charge is 0.256 e. The van der Waals surface area contributed by atoms with Gasteiger partial charge in [-0.15, -0.1) is 0 Å². The maximum Gasteiger partial charge on any atom is 0.256 e. The van der Waals surface area contributed by atoms with Crippen molar-refractivity contribution in [2.24, 2.45) is 0 Å². The molecule has 0 radical (unpaired) electrons. The highest BCUT2D eigenvalue weighted by Gasteiger charge is 2.13. The fourth-order valence-corrected chi connectivity index (χ4v) is 3.02. The highest BCUT2D eigenvalue weighted by atomic mass is 79.9. The summed E-state index contributed by atoms with van der Waals surface area (Å²) in [6.45, 7) is 3.90. The predicted molar refractivity (Wildman–Crippen MR) is 92.0 cm³/mol. The number of benzene rings is 2. The van der Waals surface area contributed by atoms with Crippen LogP contribution in [0.2, 0.25) is 0 Å². The Labute approximate surface area is 141 Å². The SMILES string of the molecule is CC(C)Oc1ccccc1NC(=O)c1ccc(Br)cc1Br. The molecule has 5 heteroatoms. The lowest BCUT2D eigenvalue weighted by molar-refractivity contribution is 0.102. The van der Waals surface area contributed by atoms with Gasteiger partial charge in [-0.1, -0.05) is 28.1 Å². The van der Waals surface area contributed by atoms with Crippen LogP contribution in [0, 0.1) is 0 Å². The van der Waals surface area contributed by atoms with Gasteiger partial charge < -0.3 is 10.1 Å². The summed E-state index contributed by atoms with van der Waals surface area (Å²) in [5, 5.41) is 2.88. The zero-order valence-electron chi connectivity index (χ0n) is 11.7. The van der Waals surface area contributed by atoms with E-state index in [0.717, 1.165) is 8.95 Å². The van der Waals surface area contributed by atoms with Crippen molar-refractivity contribution in [1.29, 1.82) is 0 Å². The molecule has 3 nitrogen and oxygen atoms in total. The minimum atomic E-state index is -0.186. The normalized spacial score (nSPS) is 10.5. The van der Waals surface area contributed by atoms with Gasteiger partial charge in [0.15, 0.2) is 0 Å². The summed E-state index contributed by atoms with van der Waals surface area (Å²) in [6.07, 6.45) is 0.0440. The average molecular weight is 413 g/mol. The molecule has 0 heterocycles. The maximum absolute atomic E-state index is 12.4. The fraction of sp³-hybridized carbons (Fsp3) is 0.188. The number of hydrogen-bond acceptors (Lipinski definition) is 2. The first-order valence-electron chi connectivity index (χ1n) is 6.49. The predicted octanol–water partition coefficient (Wildman–Crippen LogP) is 5.25. The molecule has 0 saturated heterocycles. The lowest BCUT2D eigenvalue weighted by atomic mass is 10.2. The second-order valence-corrected chi connectivity index (χ2v) is 6.51. The number of ether oxygens (including phenoxy) is 1. The molecule has 2 aromatic carbocycles. The van der Waals surface area contributed by atoms with E-state index in [1.807, 2.05) is 50.2 Å². The Hall–Kier alpha value is -1.33. The monoisotopic (exact) mass is 411 g/mol. The van der Waals surface area contributed by atoms with Gasteiger partial charge in [0.1, 0.15) is 5.75 Å². The number of carbonyl (C=O) groups excluding carboxylic acids is 1. The quantitative estimate of drug-likeness (QED) is 0.744. The summed E-state index contributed by atoms with van der Waals surface area (Å²) < 4.78 is 7.34. The number of amides is 1. The van der Waals surface area contributed by atoms with E-state index in [0.29, 0.717) is 17.0 Å². The minimum Gasteiger partial charge on any atom is -0.489 e. The molecule has 0 aliphatic carbocycles. The Kier molecular flexibility index (Phi) is 5.42. The maximum atomic E-state index is 12.4. The number of carbonyl (C=O) groups is 1. The van der Waals surface area contributed by atoms with Crippen molar-refractivity contribution in [1.82, 2.24) is 0 Å². The van der Waals surface area contributed by atoms with Crippen molar-refractivity contribution >= 4 is 43.5 Å². The van der Waals surface area contributed by atoms with Crippen LogP contribution in [0.1, 0.15) is 24.2 Å². The Balaban J connectivity index is 2.23. The number of hydrogen-bond donors (Lipinski definition) is 1. The fourth-order valence-electron chi connectivity index (χ4n) is 1.79. The topological polar surface area (TPSA) is 38.3 Å². The lowest BCUT2D eigenvalue weighted by Gasteiger charge is -2.15. The Bertz CT molecular complexity index is 656. The molecule has 0 saturated carbocycles. The molecular weight excluding hydrogens is 398 g/mol. The second kappa shape index (κ2) is 7.09. The van der Waals surface area contributed by atoms with E-state index in [-0.39, 0.29) is 12.0 Å². The van der Waals surface area contributed by atoms with Crippen molar-refractivity contribution in [3.05, 3.63) is 57.0 Å². The number of anilines is 1. The Morgan fingerprint density at radius 1 is 1.14 bits per heavy atom. The van der Waals surface area contributed by atoms with E-state index in [1.54, 1.807) is 6.07 Å². The lowest BCUT2D eigenvalue weighted by Crippen LogP contribution is -2.15. The van der Waals surface area contributed by atoms with Crippen LogP contribution in [-0.2, 0) is 0 Å². The molecule has 1 N–H and O–H groups in total. The van der Waals surface area contributed by atoms with Gasteiger partial charge >= 0.3 is 0 Å². The summed E-state index contributed by atoms with van der Waals surface area (Å²) in [5.74, 6) is 0.475. The van der Waals surface area contributed by atoms with E-state index >= 15 is 0 Å². The minimum absolute atomic E-state index is 0.0440. The van der Waals surface area contributed by atoms with Gasteiger partial charge in [-0.25, -0.2) is 0 Å². The van der Waals surface area contributed by atoms with Crippen LogP contribution in [0.15, 0.2) is 51.4 Å². The van der Waals surface area contributed by atoms with Crippen LogP contribution < -0.4 is 10.1 Å². The molecule has 2 aromatic rings. The second-order valence-electron chi connectivity index (χ2n) is 4.74. The molecule has 0 fully saturated rings. The molecule has 0 atom stereocenters. The van der Waals surface area contributed by atoms with Crippen molar-refractivity contribution in [3.8, 4) is 5.75 Å². The van der Waals surface area contributed by atoms with E-state index in [9.17, 15) is 4.79 Å². The summed E-state index contributed by atoms with van der Waals surface area (Å²) in [6, 6.07) is 12.8. The van der Waals surface area contributed by atoms with Crippen LogP contribution in [0.4, 0.5) is 5.69 Å². The van der Waals surface area contributed by atoms with Crippen molar-refractivity contribution in [3.63, 3.8) is 0 Å². The van der Waals surface area contributed by atoms with Crippen LogP contribution in [0.5, 0.6) is 5.75 Å². The van der Waals surface area contributed by atoms with E-state index in [2.05, 4.69) is 37.2 Å². The van der Waals surface area contributed by atoms with Gasteiger partial charge in [-0.2, -0.15) is 0 Å². The molecule has 1 amide bonds. The number of para-hydroxylation sites is 2. The molecular formula is C16H15Br2NO2. The number of halogens is 2. The van der Waals surface area contributed by atoms with Gasteiger partial charge in [0.2, 0.25) is 0 Å². The highest BCUT2D eigenvalue weighted by Crippen LogP contribution is 2.27. The zero-order valence-corrected chi connectivity index (χ0v) is 14.9. The summed E-state index contributed by atoms with van der Waals surface area (Å²) >= 11 is 6.77. The van der Waals surface area contributed by atoms with Crippen LogP contribution >= 0.6 is 31.9 Å².